The summed E-state index contributed by atoms with van der Waals surface area (Å²) >= 11 is 0. The van der Waals surface area contributed by atoms with E-state index in [2.05, 4.69) is 16.9 Å². The molecule has 0 fully saturated rings. The minimum absolute atomic E-state index is 0.145. The number of urea groups is 1. The number of nitrogens with one attached hydrogen (secondary N) is 1. The summed E-state index contributed by atoms with van der Waals surface area (Å²) in [7, 11) is 0. The minimum Gasteiger partial charge on any atom is -0.321 e. The molecule has 0 bridgehead atoms. The number of nitrogens with zero attached hydrogens (tertiary/aromatic N) is 2. The van der Waals surface area contributed by atoms with E-state index in [0.717, 1.165) is 11.1 Å². The van der Waals surface area contributed by atoms with Crippen molar-refractivity contribution in [2.45, 2.75) is 20.8 Å². The van der Waals surface area contributed by atoms with Gasteiger partial charge in [-0.05, 0) is 38.5 Å². The highest BCUT2D eigenvalue weighted by Crippen LogP contribution is 2.07. The summed E-state index contributed by atoms with van der Waals surface area (Å²) in [6.07, 6.45) is 1.68. The number of anilines is 1. The van der Waals surface area contributed by atoms with Crippen LogP contribution in [0.2, 0.25) is 0 Å². The Hall–Kier alpha value is -1.84. The van der Waals surface area contributed by atoms with Crippen LogP contribution in [0.5, 0.6) is 0 Å². The molecule has 0 aliphatic carbocycles. The fourth-order valence-electron chi connectivity index (χ4n) is 1.45. The summed E-state index contributed by atoms with van der Waals surface area (Å²) in [5.41, 5.74) is 2.03. The Labute approximate surface area is 102 Å². The Balaban J connectivity index is 2.67. The number of rotatable bonds is 4. The molecule has 17 heavy (non-hydrogen) atoms. The molecular weight excluding hydrogens is 214 g/mol. The van der Waals surface area contributed by atoms with Crippen molar-refractivity contribution < 1.29 is 4.79 Å². The van der Waals surface area contributed by atoms with E-state index in [1.165, 1.54) is 0 Å². The number of carbonyl (C=O) groups is 1. The lowest BCUT2D eigenvalue weighted by Gasteiger charge is -2.21. The molecule has 0 unspecified atom stereocenters. The van der Waals surface area contributed by atoms with Gasteiger partial charge in [0, 0.05) is 19.3 Å². The summed E-state index contributed by atoms with van der Waals surface area (Å²) in [4.78, 5) is 17.7. The molecule has 0 spiro atoms. The molecule has 0 saturated heterocycles. The van der Waals surface area contributed by atoms with Crippen LogP contribution in [-0.2, 0) is 0 Å². The summed E-state index contributed by atoms with van der Waals surface area (Å²) in [5, 5.41) is 2.77. The van der Waals surface area contributed by atoms with Gasteiger partial charge < -0.3 is 4.90 Å². The molecule has 1 aromatic heterocycles. The molecule has 1 aromatic rings. The van der Waals surface area contributed by atoms with Crippen LogP contribution in [0.25, 0.3) is 0 Å². The van der Waals surface area contributed by atoms with Gasteiger partial charge in [0.1, 0.15) is 5.82 Å². The standard InChI is InChI=1S/C13H19N3O/c1-5-16(9-10(2)3)13(17)15-12-8-11(4)6-7-14-12/h6-8H,2,5,9H2,1,3-4H3,(H,14,15,17). The molecule has 4 nitrogen and oxygen atoms in total. The van der Waals surface area contributed by atoms with Gasteiger partial charge in [-0.25, -0.2) is 9.78 Å². The maximum Gasteiger partial charge on any atom is 0.323 e. The fourth-order valence-corrected chi connectivity index (χ4v) is 1.45. The van der Waals surface area contributed by atoms with Crippen LogP contribution in [0.1, 0.15) is 19.4 Å². The molecule has 92 valence electrons. The Morgan fingerprint density at radius 2 is 2.29 bits per heavy atom. The molecule has 1 N–H and O–H groups in total. The first kappa shape index (κ1) is 13.2. The van der Waals surface area contributed by atoms with Gasteiger partial charge in [-0.2, -0.15) is 0 Å². The van der Waals surface area contributed by atoms with Gasteiger partial charge in [0.05, 0.1) is 0 Å². The van der Waals surface area contributed by atoms with Crippen LogP contribution in [0.4, 0.5) is 10.6 Å². The van der Waals surface area contributed by atoms with Crippen molar-refractivity contribution in [1.82, 2.24) is 9.88 Å². The molecule has 1 rings (SSSR count). The zero-order chi connectivity index (χ0) is 12.8. The van der Waals surface area contributed by atoms with E-state index in [1.807, 2.05) is 32.9 Å². The van der Waals surface area contributed by atoms with Gasteiger partial charge in [-0.3, -0.25) is 5.32 Å². The normalized spacial score (nSPS) is 9.82. The Morgan fingerprint density at radius 3 is 2.82 bits per heavy atom. The van der Waals surface area contributed by atoms with Crippen molar-refractivity contribution in [3.8, 4) is 0 Å². The lowest BCUT2D eigenvalue weighted by molar-refractivity contribution is 0.218. The first-order valence-corrected chi connectivity index (χ1v) is 5.66. The predicted molar refractivity (Wildman–Crippen MR) is 70.1 cm³/mol. The van der Waals surface area contributed by atoms with E-state index >= 15 is 0 Å². The van der Waals surface area contributed by atoms with E-state index in [1.54, 1.807) is 11.1 Å². The molecule has 0 saturated carbocycles. The van der Waals surface area contributed by atoms with Gasteiger partial charge in [0.15, 0.2) is 0 Å². The SMILES string of the molecule is C=C(C)CN(CC)C(=O)Nc1cc(C)ccn1. The summed E-state index contributed by atoms with van der Waals surface area (Å²) in [6.45, 7) is 10.8. The van der Waals surface area contributed by atoms with Crippen molar-refractivity contribution in [1.29, 1.82) is 0 Å². The zero-order valence-corrected chi connectivity index (χ0v) is 10.7. The van der Waals surface area contributed by atoms with Gasteiger partial charge in [-0.1, -0.05) is 12.2 Å². The molecule has 0 aromatic carbocycles. The molecule has 2 amide bonds. The lowest BCUT2D eigenvalue weighted by Crippen LogP contribution is -2.36. The third kappa shape index (κ3) is 4.26. The van der Waals surface area contributed by atoms with E-state index in [-0.39, 0.29) is 6.03 Å². The number of hydrogen-bond acceptors (Lipinski definition) is 2. The molecular formula is C13H19N3O. The third-order valence-electron chi connectivity index (χ3n) is 2.28. The van der Waals surface area contributed by atoms with Gasteiger partial charge in [0.25, 0.3) is 0 Å². The molecule has 0 aliphatic heterocycles. The van der Waals surface area contributed by atoms with Crippen LogP contribution in [0, 0.1) is 6.92 Å². The summed E-state index contributed by atoms with van der Waals surface area (Å²) < 4.78 is 0. The van der Waals surface area contributed by atoms with Crippen molar-refractivity contribution in [2.24, 2.45) is 0 Å². The number of likely N-dealkylation sites (N-methyl/N-ethyl adjacent to an activating group) is 1. The van der Waals surface area contributed by atoms with Crippen LogP contribution < -0.4 is 5.32 Å². The highest BCUT2D eigenvalue weighted by atomic mass is 16.2. The van der Waals surface area contributed by atoms with Crippen molar-refractivity contribution >= 4 is 11.8 Å². The smallest absolute Gasteiger partial charge is 0.321 e. The average Bonchev–Trinajstić information content (AvgIpc) is 2.25. The maximum absolute atomic E-state index is 11.9. The predicted octanol–water partition coefficient (Wildman–Crippen LogP) is 2.82. The van der Waals surface area contributed by atoms with E-state index in [9.17, 15) is 4.79 Å². The molecule has 1 heterocycles. The van der Waals surface area contributed by atoms with Crippen molar-refractivity contribution in [3.63, 3.8) is 0 Å². The van der Waals surface area contributed by atoms with Crippen LogP contribution in [0.3, 0.4) is 0 Å². The molecule has 0 radical (unpaired) electrons. The molecule has 4 heteroatoms. The average molecular weight is 233 g/mol. The largest absolute Gasteiger partial charge is 0.323 e. The van der Waals surface area contributed by atoms with Gasteiger partial charge >= 0.3 is 6.03 Å². The van der Waals surface area contributed by atoms with Crippen LogP contribution in [-0.4, -0.2) is 29.0 Å². The second-order valence-electron chi connectivity index (χ2n) is 4.12. The number of amides is 2. The van der Waals surface area contributed by atoms with Gasteiger partial charge in [-0.15, -0.1) is 0 Å². The number of aryl methyl sites for hydroxylation is 1. The topological polar surface area (TPSA) is 45.2 Å². The monoisotopic (exact) mass is 233 g/mol. The third-order valence-corrected chi connectivity index (χ3v) is 2.28. The fraction of sp³-hybridized carbons (Fsp3) is 0.385. The second-order valence-corrected chi connectivity index (χ2v) is 4.12. The first-order chi connectivity index (χ1) is 8.02. The Bertz CT molecular complexity index is 415. The van der Waals surface area contributed by atoms with Crippen molar-refractivity contribution in [2.75, 3.05) is 18.4 Å². The number of pyridine rings is 1. The van der Waals surface area contributed by atoms with E-state index in [4.69, 9.17) is 0 Å². The summed E-state index contributed by atoms with van der Waals surface area (Å²) in [6, 6.07) is 3.58. The summed E-state index contributed by atoms with van der Waals surface area (Å²) in [5.74, 6) is 0.579. The van der Waals surface area contributed by atoms with E-state index in [0.29, 0.717) is 18.9 Å². The van der Waals surface area contributed by atoms with Crippen molar-refractivity contribution in [3.05, 3.63) is 36.0 Å². The van der Waals surface area contributed by atoms with Crippen LogP contribution in [0.15, 0.2) is 30.5 Å². The molecule has 0 atom stereocenters. The maximum atomic E-state index is 11.9. The quantitative estimate of drug-likeness (QED) is 0.813. The van der Waals surface area contributed by atoms with E-state index < -0.39 is 0 Å². The Morgan fingerprint density at radius 1 is 1.59 bits per heavy atom. The number of aromatic nitrogens is 1. The zero-order valence-electron chi connectivity index (χ0n) is 10.7. The highest BCUT2D eigenvalue weighted by Gasteiger charge is 2.11. The number of hydrogen-bond donors (Lipinski definition) is 1. The van der Waals surface area contributed by atoms with Gasteiger partial charge in [0.2, 0.25) is 0 Å². The first-order valence-electron chi connectivity index (χ1n) is 5.66. The lowest BCUT2D eigenvalue weighted by atomic mass is 10.3. The van der Waals surface area contributed by atoms with Crippen LogP contribution >= 0.6 is 0 Å². The second kappa shape index (κ2) is 6.03. The molecule has 0 aliphatic rings. The number of carbonyl (C=O) groups excluding carboxylic acids is 1. The Kier molecular flexibility index (Phi) is 4.69. The highest BCUT2D eigenvalue weighted by molar-refractivity contribution is 5.88. The minimum atomic E-state index is -0.145.